The van der Waals surface area contributed by atoms with E-state index in [1.165, 1.54) is 52.9 Å². The topological polar surface area (TPSA) is 74.3 Å². The third-order valence-corrected chi connectivity index (χ3v) is 4.88. The molecule has 0 saturated carbocycles. The van der Waals surface area contributed by atoms with Crippen LogP contribution in [0.15, 0.2) is 42.5 Å². The van der Waals surface area contributed by atoms with Gasteiger partial charge in [-0.25, -0.2) is 0 Å². The van der Waals surface area contributed by atoms with Gasteiger partial charge in [-0.2, -0.15) is 0 Å². The van der Waals surface area contributed by atoms with Gasteiger partial charge in [0, 0.05) is 19.1 Å². The fourth-order valence-corrected chi connectivity index (χ4v) is 2.96. The fraction of sp³-hybridized carbons (Fsp3) is 0.385. The van der Waals surface area contributed by atoms with Crippen molar-refractivity contribution < 1.29 is 28.5 Å². The van der Waals surface area contributed by atoms with Crippen LogP contribution in [0.4, 0.5) is 0 Å². The Labute approximate surface area is 196 Å². The Kier molecular flexibility index (Phi) is 12.3. The van der Waals surface area contributed by atoms with Crippen LogP contribution in [0.1, 0.15) is 43.6 Å². The first-order valence-corrected chi connectivity index (χ1v) is 10.9. The van der Waals surface area contributed by atoms with Gasteiger partial charge < -0.3 is 23.8 Å². The fourth-order valence-electron chi connectivity index (χ4n) is 2.96. The highest BCUT2D eigenvalue weighted by Crippen LogP contribution is 2.35. The largest absolute Gasteiger partial charge is 0.497 e. The molecule has 0 heterocycles. The number of ether oxygens (including phenoxy) is 4. The summed E-state index contributed by atoms with van der Waals surface area (Å²) in [6.45, 7) is 11.4. The molecule has 180 valence electrons. The van der Waals surface area contributed by atoms with E-state index in [-0.39, 0.29) is 22.8 Å². The van der Waals surface area contributed by atoms with Gasteiger partial charge in [0.05, 0.1) is 21.3 Å². The third kappa shape index (κ3) is 8.98. The Morgan fingerprint density at radius 1 is 0.818 bits per heavy atom. The van der Waals surface area contributed by atoms with Gasteiger partial charge in [0.1, 0.15) is 28.6 Å². The molecular formula is C26H35NO6. The SMILES string of the molecule is CCN(CC)CC.COc1ccc(C=CC(=O)c2c(OC)cc(OC)cc2OC(C)=O)cc1. The first kappa shape index (κ1) is 27.7. The lowest BCUT2D eigenvalue weighted by molar-refractivity contribution is -0.131. The van der Waals surface area contributed by atoms with Crippen molar-refractivity contribution in [2.75, 3.05) is 41.0 Å². The zero-order valence-corrected chi connectivity index (χ0v) is 20.6. The van der Waals surface area contributed by atoms with Gasteiger partial charge >= 0.3 is 5.97 Å². The zero-order valence-electron chi connectivity index (χ0n) is 20.6. The van der Waals surface area contributed by atoms with Crippen LogP contribution in [-0.4, -0.2) is 57.6 Å². The third-order valence-electron chi connectivity index (χ3n) is 4.88. The average Bonchev–Trinajstić information content (AvgIpc) is 2.83. The summed E-state index contributed by atoms with van der Waals surface area (Å²) in [5.74, 6) is 0.560. The van der Waals surface area contributed by atoms with E-state index in [2.05, 4.69) is 25.7 Å². The number of allylic oxidation sites excluding steroid dienone is 1. The number of esters is 1. The van der Waals surface area contributed by atoms with E-state index in [0.29, 0.717) is 5.75 Å². The first-order chi connectivity index (χ1) is 15.8. The number of carbonyl (C=O) groups excluding carboxylic acids is 2. The van der Waals surface area contributed by atoms with Crippen molar-refractivity contribution in [1.29, 1.82) is 0 Å². The van der Waals surface area contributed by atoms with E-state index in [1.54, 1.807) is 31.4 Å². The maximum atomic E-state index is 12.7. The lowest BCUT2D eigenvalue weighted by Gasteiger charge is -2.13. The molecule has 0 amide bonds. The van der Waals surface area contributed by atoms with E-state index >= 15 is 0 Å². The maximum Gasteiger partial charge on any atom is 0.308 e. The summed E-state index contributed by atoms with van der Waals surface area (Å²) in [6.07, 6.45) is 3.04. The first-order valence-electron chi connectivity index (χ1n) is 10.9. The van der Waals surface area contributed by atoms with Crippen LogP contribution >= 0.6 is 0 Å². The number of ketones is 1. The normalized spacial score (nSPS) is 10.4. The Hall–Kier alpha value is -3.32. The van der Waals surface area contributed by atoms with Crippen molar-refractivity contribution in [2.24, 2.45) is 0 Å². The Balaban J connectivity index is 0.000000675. The van der Waals surface area contributed by atoms with Crippen molar-refractivity contribution in [3.63, 3.8) is 0 Å². The van der Waals surface area contributed by atoms with Gasteiger partial charge in [-0.3, -0.25) is 9.59 Å². The molecule has 2 aromatic rings. The van der Waals surface area contributed by atoms with Crippen LogP contribution in [0, 0.1) is 0 Å². The summed E-state index contributed by atoms with van der Waals surface area (Å²) < 4.78 is 20.7. The number of hydrogen-bond acceptors (Lipinski definition) is 7. The zero-order chi connectivity index (χ0) is 24.8. The predicted octanol–water partition coefficient (Wildman–Crippen LogP) is 4.88. The molecule has 0 radical (unpaired) electrons. The molecule has 0 fully saturated rings. The van der Waals surface area contributed by atoms with Crippen LogP contribution < -0.4 is 18.9 Å². The number of hydrogen-bond donors (Lipinski definition) is 0. The minimum absolute atomic E-state index is 0.0816. The number of benzene rings is 2. The quantitative estimate of drug-likeness (QED) is 0.218. The smallest absolute Gasteiger partial charge is 0.308 e. The Morgan fingerprint density at radius 2 is 1.36 bits per heavy atom. The average molecular weight is 458 g/mol. The highest BCUT2D eigenvalue weighted by atomic mass is 16.5. The molecule has 0 N–H and O–H groups in total. The lowest BCUT2D eigenvalue weighted by Crippen LogP contribution is -2.21. The van der Waals surface area contributed by atoms with Crippen LogP contribution in [0.2, 0.25) is 0 Å². The highest BCUT2D eigenvalue weighted by Gasteiger charge is 2.20. The molecule has 0 unspecified atom stereocenters. The molecular weight excluding hydrogens is 422 g/mol. The van der Waals surface area contributed by atoms with Crippen LogP contribution in [0.3, 0.4) is 0 Å². The van der Waals surface area contributed by atoms with Crippen molar-refractivity contribution in [3.05, 3.63) is 53.6 Å². The summed E-state index contributed by atoms with van der Waals surface area (Å²) >= 11 is 0. The Bertz CT molecular complexity index is 912. The summed E-state index contributed by atoms with van der Waals surface area (Å²) in [4.78, 5) is 26.5. The molecule has 7 heteroatoms. The molecule has 2 rings (SSSR count). The van der Waals surface area contributed by atoms with Gasteiger partial charge in [0.25, 0.3) is 0 Å². The van der Waals surface area contributed by atoms with Crippen molar-refractivity contribution in [2.45, 2.75) is 27.7 Å². The second kappa shape index (κ2) is 14.7. The van der Waals surface area contributed by atoms with Gasteiger partial charge in [-0.1, -0.05) is 39.0 Å². The molecule has 0 spiro atoms. The summed E-state index contributed by atoms with van der Waals surface area (Å²) in [5.41, 5.74) is 0.967. The van der Waals surface area contributed by atoms with Crippen LogP contribution in [-0.2, 0) is 4.79 Å². The molecule has 33 heavy (non-hydrogen) atoms. The summed E-state index contributed by atoms with van der Waals surface area (Å²) in [7, 11) is 4.48. The predicted molar refractivity (Wildman–Crippen MR) is 131 cm³/mol. The van der Waals surface area contributed by atoms with Gasteiger partial charge in [-0.15, -0.1) is 0 Å². The van der Waals surface area contributed by atoms with E-state index < -0.39 is 5.97 Å². The minimum atomic E-state index is -0.548. The van der Waals surface area contributed by atoms with Gasteiger partial charge in [0.2, 0.25) is 0 Å². The molecule has 0 bridgehead atoms. The molecule has 0 atom stereocenters. The number of carbonyl (C=O) groups is 2. The second-order valence-electron chi connectivity index (χ2n) is 6.89. The van der Waals surface area contributed by atoms with Crippen LogP contribution in [0.5, 0.6) is 23.0 Å². The van der Waals surface area contributed by atoms with Gasteiger partial charge in [-0.05, 0) is 43.4 Å². The molecule has 0 saturated heterocycles. The monoisotopic (exact) mass is 457 g/mol. The highest BCUT2D eigenvalue weighted by molar-refractivity contribution is 6.11. The lowest BCUT2D eigenvalue weighted by atomic mass is 10.1. The second-order valence-corrected chi connectivity index (χ2v) is 6.89. The van der Waals surface area contributed by atoms with Crippen molar-refractivity contribution >= 4 is 17.8 Å². The van der Waals surface area contributed by atoms with Gasteiger partial charge in [0.15, 0.2) is 5.78 Å². The van der Waals surface area contributed by atoms with Crippen molar-refractivity contribution in [3.8, 4) is 23.0 Å². The molecule has 0 aromatic heterocycles. The molecule has 0 aliphatic heterocycles. The minimum Gasteiger partial charge on any atom is -0.497 e. The van der Waals surface area contributed by atoms with E-state index in [0.717, 1.165) is 11.3 Å². The number of methoxy groups -OCH3 is 3. The maximum absolute atomic E-state index is 12.7. The molecule has 2 aromatic carbocycles. The number of rotatable bonds is 10. The van der Waals surface area contributed by atoms with Crippen molar-refractivity contribution in [1.82, 2.24) is 4.90 Å². The van der Waals surface area contributed by atoms with E-state index in [9.17, 15) is 9.59 Å². The molecule has 0 aliphatic rings. The van der Waals surface area contributed by atoms with E-state index in [1.807, 2.05) is 12.1 Å². The van der Waals surface area contributed by atoms with E-state index in [4.69, 9.17) is 18.9 Å². The van der Waals surface area contributed by atoms with Crippen LogP contribution in [0.25, 0.3) is 6.08 Å². The summed E-state index contributed by atoms with van der Waals surface area (Å²) in [5, 5.41) is 0. The molecule has 7 nitrogen and oxygen atoms in total. The number of nitrogens with zero attached hydrogens (tertiary/aromatic N) is 1. The Morgan fingerprint density at radius 3 is 1.79 bits per heavy atom. The molecule has 0 aliphatic carbocycles. The summed E-state index contributed by atoms with van der Waals surface area (Å²) in [6, 6.07) is 10.3. The standard InChI is InChI=1S/C20H20O6.C6H15N/c1-13(21)26-19-12-16(24-3)11-18(25-4)20(19)17(22)10-7-14-5-8-15(23-2)9-6-14;1-4-7(5-2)6-3/h5-12H,1-4H3;4-6H2,1-3H3.